The van der Waals surface area contributed by atoms with Crippen LogP contribution in [0, 0.1) is 0 Å². The smallest absolute Gasteiger partial charge is 0.119 e. The number of benzene rings is 7. The second-order valence-corrected chi connectivity index (χ2v) is 16.0. The zero-order valence-corrected chi connectivity index (χ0v) is 36.6. The van der Waals surface area contributed by atoms with Gasteiger partial charge in [0.1, 0.15) is 23.0 Å². The van der Waals surface area contributed by atoms with E-state index in [0.717, 1.165) is 92.5 Å². The Morgan fingerprint density at radius 2 is 0.533 bits per heavy atom. The van der Waals surface area contributed by atoms with Crippen molar-refractivity contribution in [3.63, 3.8) is 0 Å². The molecular formula is C56H60O4. The van der Waals surface area contributed by atoms with Crippen molar-refractivity contribution in [1.29, 1.82) is 0 Å². The highest BCUT2D eigenvalue weighted by molar-refractivity contribution is 6.10. The van der Waals surface area contributed by atoms with Crippen LogP contribution in [0.2, 0.25) is 0 Å². The fraction of sp³-hybridized carbons (Fsp3) is 0.286. The second-order valence-electron chi connectivity index (χ2n) is 16.0. The summed E-state index contributed by atoms with van der Waals surface area (Å²) in [5.41, 5.74) is 6.64. The van der Waals surface area contributed by atoms with Gasteiger partial charge in [0.25, 0.3) is 0 Å². The SMILES string of the molecule is CCC(C)Oc1ccc(C(c2ccc(OC(C)CC)cc2)=c2c(=C(c3ccc(OC(C)CC)cc3)c3ccc(OC(C)CC)cc3)c3ccccc3c3ccccc23)cc1. The monoisotopic (exact) mass is 796 g/mol. The first-order chi connectivity index (χ1) is 29.2. The van der Waals surface area contributed by atoms with Crippen LogP contribution in [0.15, 0.2) is 146 Å². The third-order valence-corrected chi connectivity index (χ3v) is 11.7. The van der Waals surface area contributed by atoms with Crippen molar-refractivity contribution in [3.8, 4) is 23.0 Å². The van der Waals surface area contributed by atoms with E-state index < -0.39 is 0 Å². The van der Waals surface area contributed by atoms with Gasteiger partial charge >= 0.3 is 0 Å². The van der Waals surface area contributed by atoms with E-state index in [9.17, 15) is 0 Å². The molecule has 4 unspecified atom stereocenters. The molecule has 0 saturated heterocycles. The average molecular weight is 797 g/mol. The van der Waals surface area contributed by atoms with E-state index in [1.807, 2.05) is 0 Å². The fourth-order valence-electron chi connectivity index (χ4n) is 7.63. The van der Waals surface area contributed by atoms with Gasteiger partial charge in [-0.1, -0.05) is 125 Å². The average Bonchev–Trinajstić information content (AvgIpc) is 3.29. The molecule has 7 aromatic carbocycles. The molecule has 0 aliphatic heterocycles. The fourth-order valence-corrected chi connectivity index (χ4v) is 7.63. The molecule has 0 N–H and O–H groups in total. The lowest BCUT2D eigenvalue weighted by Crippen LogP contribution is -2.33. The van der Waals surface area contributed by atoms with Crippen molar-refractivity contribution in [2.45, 2.75) is 105 Å². The lowest BCUT2D eigenvalue weighted by atomic mass is 9.85. The van der Waals surface area contributed by atoms with Crippen molar-refractivity contribution in [1.82, 2.24) is 0 Å². The Hall–Kier alpha value is -6.00. The number of rotatable bonds is 16. The Morgan fingerprint density at radius 1 is 0.317 bits per heavy atom. The zero-order valence-electron chi connectivity index (χ0n) is 36.6. The second kappa shape index (κ2) is 19.4. The molecule has 4 heteroatoms. The molecule has 7 aromatic rings. The molecule has 0 bridgehead atoms. The normalized spacial score (nSPS) is 13.3. The number of hydrogen-bond donors (Lipinski definition) is 0. The van der Waals surface area contributed by atoms with Crippen molar-refractivity contribution >= 4 is 32.7 Å². The predicted molar refractivity (Wildman–Crippen MR) is 251 cm³/mol. The summed E-state index contributed by atoms with van der Waals surface area (Å²) in [5, 5.41) is 7.06. The molecule has 0 heterocycles. The van der Waals surface area contributed by atoms with Gasteiger partial charge in [-0.2, -0.15) is 0 Å². The van der Waals surface area contributed by atoms with Crippen LogP contribution in [0.25, 0.3) is 32.7 Å². The molecule has 0 spiro atoms. The van der Waals surface area contributed by atoms with Crippen molar-refractivity contribution < 1.29 is 18.9 Å². The minimum absolute atomic E-state index is 0.120. The lowest BCUT2D eigenvalue weighted by molar-refractivity contribution is 0.217. The van der Waals surface area contributed by atoms with Gasteiger partial charge in [-0.15, -0.1) is 0 Å². The van der Waals surface area contributed by atoms with Gasteiger partial charge in [-0.3, -0.25) is 0 Å². The summed E-state index contributed by atoms with van der Waals surface area (Å²) in [6.45, 7) is 17.1. The quantitative estimate of drug-likeness (QED) is 0.0913. The Kier molecular flexibility index (Phi) is 13.6. The first kappa shape index (κ1) is 42.1. The van der Waals surface area contributed by atoms with E-state index in [-0.39, 0.29) is 24.4 Å². The molecule has 60 heavy (non-hydrogen) atoms. The molecule has 0 radical (unpaired) electrons. The highest BCUT2D eigenvalue weighted by Gasteiger charge is 2.19. The highest BCUT2D eigenvalue weighted by Crippen LogP contribution is 2.32. The van der Waals surface area contributed by atoms with E-state index in [1.165, 1.54) is 21.5 Å². The summed E-state index contributed by atoms with van der Waals surface area (Å²) in [6, 6.07) is 52.3. The third-order valence-electron chi connectivity index (χ3n) is 11.7. The first-order valence-corrected chi connectivity index (χ1v) is 22.0. The molecule has 4 atom stereocenters. The van der Waals surface area contributed by atoms with E-state index in [4.69, 9.17) is 18.9 Å². The maximum Gasteiger partial charge on any atom is 0.119 e. The van der Waals surface area contributed by atoms with E-state index in [0.29, 0.717) is 0 Å². The van der Waals surface area contributed by atoms with Crippen LogP contribution in [0.5, 0.6) is 23.0 Å². The van der Waals surface area contributed by atoms with Crippen LogP contribution in [0.3, 0.4) is 0 Å². The minimum Gasteiger partial charge on any atom is -0.491 e. The summed E-state index contributed by atoms with van der Waals surface area (Å²) in [5.74, 6) is 3.44. The molecule has 4 nitrogen and oxygen atoms in total. The van der Waals surface area contributed by atoms with Gasteiger partial charge in [-0.05, 0) is 167 Å². The maximum atomic E-state index is 6.31. The third kappa shape index (κ3) is 9.39. The Bertz CT molecular complexity index is 2320. The molecule has 0 fully saturated rings. The summed E-state index contributed by atoms with van der Waals surface area (Å²) >= 11 is 0. The number of hydrogen-bond acceptors (Lipinski definition) is 4. The van der Waals surface area contributed by atoms with Crippen molar-refractivity contribution in [2.75, 3.05) is 0 Å². The van der Waals surface area contributed by atoms with Gasteiger partial charge in [0.05, 0.1) is 24.4 Å². The van der Waals surface area contributed by atoms with Crippen LogP contribution in [-0.4, -0.2) is 24.4 Å². The molecule has 0 aromatic heterocycles. The number of fused-ring (bicyclic) bond motifs is 3. The Morgan fingerprint density at radius 3 is 0.750 bits per heavy atom. The predicted octanol–water partition coefficient (Wildman–Crippen LogP) is 13.2. The van der Waals surface area contributed by atoms with Crippen LogP contribution in [-0.2, 0) is 0 Å². The van der Waals surface area contributed by atoms with Crippen LogP contribution in [0.4, 0.5) is 0 Å². The summed E-state index contributed by atoms with van der Waals surface area (Å²) in [6.07, 6.45) is 4.22. The minimum atomic E-state index is 0.120. The highest BCUT2D eigenvalue weighted by atomic mass is 16.5. The van der Waals surface area contributed by atoms with Crippen molar-refractivity contribution in [3.05, 3.63) is 178 Å². The van der Waals surface area contributed by atoms with Crippen LogP contribution >= 0.6 is 0 Å². The molecule has 308 valence electrons. The Labute approximate surface area is 357 Å². The van der Waals surface area contributed by atoms with Gasteiger partial charge in [0.2, 0.25) is 0 Å². The van der Waals surface area contributed by atoms with Gasteiger partial charge in [0.15, 0.2) is 0 Å². The molecule has 0 aliphatic carbocycles. The standard InChI is InChI=1S/C56H60O4/c1-9-37(5)57-45-29-21-41(22-30-45)53(42-23-31-46(32-24-42)58-38(6)10-2)55-51-19-15-13-17-49(51)50-18-14-16-20-52(50)56(55)54(43-25-33-47(34-26-43)59-39(7)11-3)44-27-35-48(36-28-44)60-40(8)12-4/h13-40H,9-12H2,1-8H3. The largest absolute Gasteiger partial charge is 0.491 e. The maximum absolute atomic E-state index is 6.31. The molecule has 0 amide bonds. The topological polar surface area (TPSA) is 36.9 Å². The summed E-state index contributed by atoms with van der Waals surface area (Å²) in [4.78, 5) is 0. The van der Waals surface area contributed by atoms with Crippen LogP contribution < -0.4 is 29.4 Å². The van der Waals surface area contributed by atoms with Gasteiger partial charge < -0.3 is 18.9 Å². The van der Waals surface area contributed by atoms with E-state index in [1.54, 1.807) is 0 Å². The van der Waals surface area contributed by atoms with E-state index in [2.05, 4.69) is 201 Å². The molecule has 0 saturated carbocycles. The van der Waals surface area contributed by atoms with Crippen LogP contribution in [0.1, 0.15) is 103 Å². The summed E-state index contributed by atoms with van der Waals surface area (Å²) < 4.78 is 25.2. The van der Waals surface area contributed by atoms with Gasteiger partial charge in [0, 0.05) is 0 Å². The number of ether oxygens (including phenoxy) is 4. The Balaban J connectivity index is 1.67. The molecule has 7 rings (SSSR count). The van der Waals surface area contributed by atoms with Gasteiger partial charge in [-0.25, -0.2) is 0 Å². The lowest BCUT2D eigenvalue weighted by Gasteiger charge is -2.19. The van der Waals surface area contributed by atoms with E-state index >= 15 is 0 Å². The molecular weight excluding hydrogens is 737 g/mol. The summed E-state index contributed by atoms with van der Waals surface area (Å²) in [7, 11) is 0. The zero-order chi connectivity index (χ0) is 42.2. The van der Waals surface area contributed by atoms with Crippen molar-refractivity contribution in [2.24, 2.45) is 0 Å². The first-order valence-electron chi connectivity index (χ1n) is 22.0. The molecule has 0 aliphatic rings.